The van der Waals surface area contributed by atoms with E-state index in [1.54, 1.807) is 17.1 Å². The third-order valence-corrected chi connectivity index (χ3v) is 4.91. The Morgan fingerprint density at radius 1 is 1.33 bits per heavy atom. The average molecular weight is 341 g/mol. The summed E-state index contributed by atoms with van der Waals surface area (Å²) in [7, 11) is 0. The first-order valence-electron chi connectivity index (χ1n) is 7.70. The molecule has 3 rings (SSSR count). The molecule has 0 unspecified atom stereocenters. The van der Waals surface area contributed by atoms with Gasteiger partial charge in [-0.1, -0.05) is 13.0 Å². The van der Waals surface area contributed by atoms with Crippen LogP contribution in [0, 0.1) is 0 Å². The Labute approximate surface area is 144 Å². The van der Waals surface area contributed by atoms with E-state index >= 15 is 0 Å². The minimum atomic E-state index is -0.488. The minimum absolute atomic E-state index is 0.257. The molecule has 0 spiro atoms. The number of thiazole rings is 1. The van der Waals surface area contributed by atoms with E-state index in [4.69, 9.17) is 0 Å². The standard InChI is InChI=1S/C17H19N5OS/c1-3-17(2,15-18-9-11-24-15)21-16(23)20-13-6-4-7-14(12-13)22-10-5-8-19-22/h4-12H,3H2,1-2H3,(H2,20,21,23)/t17-/m1/s1. The van der Waals surface area contributed by atoms with E-state index in [-0.39, 0.29) is 6.03 Å². The largest absolute Gasteiger partial charge is 0.326 e. The molecule has 0 aliphatic heterocycles. The lowest BCUT2D eigenvalue weighted by Crippen LogP contribution is -2.45. The van der Waals surface area contributed by atoms with Crippen LogP contribution < -0.4 is 10.6 Å². The Morgan fingerprint density at radius 3 is 2.88 bits per heavy atom. The number of nitrogens with zero attached hydrogens (tertiary/aromatic N) is 3. The molecular formula is C17H19N5OS. The summed E-state index contributed by atoms with van der Waals surface area (Å²) in [4.78, 5) is 16.7. The van der Waals surface area contributed by atoms with Crippen LogP contribution in [-0.2, 0) is 5.54 Å². The Hall–Kier alpha value is -2.67. The predicted octanol–water partition coefficient (Wildman–Crippen LogP) is 3.78. The molecule has 2 amide bonds. The topological polar surface area (TPSA) is 71.8 Å². The molecule has 7 heteroatoms. The zero-order chi connectivity index (χ0) is 17.0. The molecule has 6 nitrogen and oxygen atoms in total. The third-order valence-electron chi connectivity index (χ3n) is 3.87. The van der Waals surface area contributed by atoms with Gasteiger partial charge in [-0.3, -0.25) is 0 Å². The number of rotatable bonds is 5. The number of amides is 2. The molecule has 0 saturated carbocycles. The van der Waals surface area contributed by atoms with Crippen molar-refractivity contribution in [2.24, 2.45) is 0 Å². The fraction of sp³-hybridized carbons (Fsp3) is 0.235. The van der Waals surface area contributed by atoms with E-state index in [0.29, 0.717) is 5.69 Å². The summed E-state index contributed by atoms with van der Waals surface area (Å²) in [6, 6.07) is 9.13. The van der Waals surface area contributed by atoms with Gasteiger partial charge in [-0.2, -0.15) is 5.10 Å². The maximum absolute atomic E-state index is 12.4. The summed E-state index contributed by atoms with van der Waals surface area (Å²) in [5.74, 6) is 0. The smallest absolute Gasteiger partial charge is 0.320 e. The maximum atomic E-state index is 12.4. The Morgan fingerprint density at radius 2 is 2.21 bits per heavy atom. The molecule has 0 saturated heterocycles. The molecule has 2 aromatic heterocycles. The van der Waals surface area contributed by atoms with Crippen LogP contribution in [0.5, 0.6) is 0 Å². The second-order valence-electron chi connectivity index (χ2n) is 5.60. The van der Waals surface area contributed by atoms with Gasteiger partial charge in [0.15, 0.2) is 0 Å². The third kappa shape index (κ3) is 3.46. The zero-order valence-electron chi connectivity index (χ0n) is 13.6. The van der Waals surface area contributed by atoms with Gasteiger partial charge in [0.25, 0.3) is 0 Å². The molecule has 24 heavy (non-hydrogen) atoms. The van der Waals surface area contributed by atoms with Crippen LogP contribution in [0.1, 0.15) is 25.3 Å². The number of nitrogens with one attached hydrogen (secondary N) is 2. The lowest BCUT2D eigenvalue weighted by atomic mass is 10.0. The summed E-state index contributed by atoms with van der Waals surface area (Å²) in [5, 5.41) is 12.9. The highest BCUT2D eigenvalue weighted by molar-refractivity contribution is 7.09. The highest BCUT2D eigenvalue weighted by atomic mass is 32.1. The molecule has 1 atom stereocenters. The van der Waals surface area contributed by atoms with Crippen molar-refractivity contribution < 1.29 is 4.79 Å². The van der Waals surface area contributed by atoms with Crippen molar-refractivity contribution in [2.75, 3.05) is 5.32 Å². The van der Waals surface area contributed by atoms with Crippen molar-refractivity contribution in [3.05, 3.63) is 59.3 Å². The van der Waals surface area contributed by atoms with Gasteiger partial charge < -0.3 is 10.6 Å². The summed E-state index contributed by atoms with van der Waals surface area (Å²) >= 11 is 1.54. The molecule has 2 heterocycles. The lowest BCUT2D eigenvalue weighted by Gasteiger charge is -2.27. The molecule has 124 valence electrons. The highest BCUT2D eigenvalue weighted by Crippen LogP contribution is 2.26. The van der Waals surface area contributed by atoms with Crippen molar-refractivity contribution >= 4 is 23.1 Å². The van der Waals surface area contributed by atoms with Gasteiger partial charge >= 0.3 is 6.03 Å². The molecule has 1 aromatic carbocycles. The van der Waals surface area contributed by atoms with Gasteiger partial charge in [0.05, 0.1) is 11.2 Å². The molecule has 0 radical (unpaired) electrons. The SMILES string of the molecule is CC[C@@](C)(NC(=O)Nc1cccc(-n2cccn2)c1)c1nccs1. The van der Waals surface area contributed by atoms with E-state index in [1.165, 1.54) is 11.3 Å². The van der Waals surface area contributed by atoms with E-state index in [2.05, 4.69) is 20.7 Å². The van der Waals surface area contributed by atoms with E-state index in [9.17, 15) is 4.79 Å². The Kier molecular flexibility index (Phi) is 4.61. The fourth-order valence-electron chi connectivity index (χ4n) is 2.35. The number of carbonyl (C=O) groups excluding carboxylic acids is 1. The van der Waals surface area contributed by atoms with Crippen LogP contribution in [-0.4, -0.2) is 20.8 Å². The van der Waals surface area contributed by atoms with Gasteiger partial charge in [0.2, 0.25) is 0 Å². The highest BCUT2D eigenvalue weighted by Gasteiger charge is 2.29. The first-order chi connectivity index (χ1) is 11.6. The first kappa shape index (κ1) is 16.2. The Balaban J connectivity index is 1.72. The van der Waals surface area contributed by atoms with Gasteiger partial charge in [-0.25, -0.2) is 14.5 Å². The number of aromatic nitrogens is 3. The molecule has 3 aromatic rings. The normalized spacial score (nSPS) is 13.2. The summed E-state index contributed by atoms with van der Waals surface area (Å²) in [5.41, 5.74) is 1.10. The molecule has 0 fully saturated rings. The Bertz CT molecular complexity index is 800. The summed E-state index contributed by atoms with van der Waals surface area (Å²) in [6.45, 7) is 4.01. The van der Waals surface area contributed by atoms with Crippen molar-refractivity contribution in [1.82, 2.24) is 20.1 Å². The minimum Gasteiger partial charge on any atom is -0.326 e. The van der Waals surface area contributed by atoms with Crippen molar-refractivity contribution in [1.29, 1.82) is 0 Å². The van der Waals surface area contributed by atoms with Crippen LogP contribution in [0.3, 0.4) is 0 Å². The predicted molar refractivity (Wildman–Crippen MR) is 95.5 cm³/mol. The van der Waals surface area contributed by atoms with E-state index < -0.39 is 5.54 Å². The van der Waals surface area contributed by atoms with E-state index in [1.807, 2.05) is 55.8 Å². The number of anilines is 1. The molecule has 0 aliphatic carbocycles. The molecule has 0 aliphatic rings. The van der Waals surface area contributed by atoms with Gasteiger partial charge in [-0.15, -0.1) is 11.3 Å². The average Bonchev–Trinajstić information content (AvgIpc) is 3.28. The number of urea groups is 1. The van der Waals surface area contributed by atoms with E-state index in [0.717, 1.165) is 17.1 Å². The van der Waals surface area contributed by atoms with Gasteiger partial charge in [0, 0.05) is 29.7 Å². The number of hydrogen-bond acceptors (Lipinski definition) is 4. The van der Waals surface area contributed by atoms with Crippen LogP contribution in [0.15, 0.2) is 54.3 Å². The van der Waals surface area contributed by atoms with Crippen LogP contribution in [0.25, 0.3) is 5.69 Å². The van der Waals surface area contributed by atoms with Crippen LogP contribution in [0.2, 0.25) is 0 Å². The fourth-order valence-corrected chi connectivity index (χ4v) is 3.18. The number of carbonyl (C=O) groups is 1. The maximum Gasteiger partial charge on any atom is 0.320 e. The second-order valence-corrected chi connectivity index (χ2v) is 6.50. The van der Waals surface area contributed by atoms with Crippen LogP contribution in [0.4, 0.5) is 10.5 Å². The summed E-state index contributed by atoms with van der Waals surface area (Å²) < 4.78 is 1.74. The van der Waals surface area contributed by atoms with Crippen molar-refractivity contribution in [3.63, 3.8) is 0 Å². The second kappa shape index (κ2) is 6.84. The molecule has 0 bridgehead atoms. The quantitative estimate of drug-likeness (QED) is 0.742. The monoisotopic (exact) mass is 341 g/mol. The molecule has 2 N–H and O–H groups in total. The van der Waals surface area contributed by atoms with Gasteiger partial charge in [0.1, 0.15) is 5.01 Å². The summed E-state index contributed by atoms with van der Waals surface area (Å²) in [6.07, 6.45) is 6.08. The van der Waals surface area contributed by atoms with Crippen molar-refractivity contribution in [2.45, 2.75) is 25.8 Å². The van der Waals surface area contributed by atoms with Crippen LogP contribution >= 0.6 is 11.3 Å². The van der Waals surface area contributed by atoms with Crippen molar-refractivity contribution in [3.8, 4) is 5.69 Å². The lowest BCUT2D eigenvalue weighted by molar-refractivity contribution is 0.238. The molecular weight excluding hydrogens is 322 g/mol. The first-order valence-corrected chi connectivity index (χ1v) is 8.58. The number of hydrogen-bond donors (Lipinski definition) is 2. The number of benzene rings is 1. The van der Waals surface area contributed by atoms with Gasteiger partial charge in [-0.05, 0) is 37.6 Å². The zero-order valence-corrected chi connectivity index (χ0v) is 14.4.